The van der Waals surface area contributed by atoms with E-state index in [-0.39, 0.29) is 37.5 Å². The highest BCUT2D eigenvalue weighted by Crippen LogP contribution is 2.45. The van der Waals surface area contributed by atoms with Crippen molar-refractivity contribution in [3.8, 4) is 5.75 Å². The van der Waals surface area contributed by atoms with Crippen molar-refractivity contribution in [3.63, 3.8) is 0 Å². The van der Waals surface area contributed by atoms with Crippen molar-refractivity contribution < 1.29 is 46.5 Å². The average Bonchev–Trinajstić information content (AvgIpc) is 3.40. The van der Waals surface area contributed by atoms with Gasteiger partial charge in [-0.1, -0.05) is 34.1 Å². The van der Waals surface area contributed by atoms with Gasteiger partial charge in [-0.05, 0) is 81.3 Å². The fourth-order valence-corrected chi connectivity index (χ4v) is 5.46. The van der Waals surface area contributed by atoms with Crippen LogP contribution in [0.5, 0.6) is 5.75 Å². The summed E-state index contributed by atoms with van der Waals surface area (Å²) in [6, 6.07) is 15.8. The van der Waals surface area contributed by atoms with Gasteiger partial charge in [0.25, 0.3) is 5.91 Å². The number of nitrogens with zero attached hydrogens (tertiary/aromatic N) is 1. The predicted molar refractivity (Wildman–Crippen MR) is 172 cm³/mol. The van der Waals surface area contributed by atoms with Gasteiger partial charge in [-0.3, -0.25) is 15.0 Å². The van der Waals surface area contributed by atoms with Gasteiger partial charge in [0.05, 0.1) is 12.2 Å². The molecule has 2 atom stereocenters. The topological polar surface area (TPSA) is 118 Å². The predicted octanol–water partition coefficient (Wildman–Crippen LogP) is 6.57. The van der Waals surface area contributed by atoms with Crippen molar-refractivity contribution in [2.24, 2.45) is 4.99 Å². The van der Waals surface area contributed by atoms with Crippen molar-refractivity contribution in [1.82, 2.24) is 10.9 Å². The van der Waals surface area contributed by atoms with Crippen LogP contribution in [0.2, 0.25) is 0 Å². The number of halogens is 5. The molecule has 0 bridgehead atoms. The maximum Gasteiger partial charge on any atom is 0.416 e. The van der Waals surface area contributed by atoms with E-state index in [1.54, 1.807) is 69.3 Å². The molecule has 3 N–H and O–H groups in total. The molecule has 0 aromatic heterocycles. The Kier molecular flexibility index (Phi) is 11.9. The summed E-state index contributed by atoms with van der Waals surface area (Å²) >= 11 is 3.52. The van der Waals surface area contributed by atoms with Crippen molar-refractivity contribution in [3.05, 3.63) is 99.3 Å². The molecular formula is C34H36BrF4N3O6. The number of ether oxygens (including phenoxy) is 3. The van der Waals surface area contributed by atoms with Crippen LogP contribution in [0.15, 0.2) is 76.2 Å². The monoisotopic (exact) mass is 737 g/mol. The quantitative estimate of drug-likeness (QED) is 0.0787. The third-order valence-corrected chi connectivity index (χ3v) is 7.85. The number of hydrogen-bond acceptors (Lipinski definition) is 8. The number of esters is 1. The van der Waals surface area contributed by atoms with Gasteiger partial charge in [-0.2, -0.15) is 13.2 Å². The van der Waals surface area contributed by atoms with Crippen LogP contribution in [0.3, 0.4) is 0 Å². The van der Waals surface area contributed by atoms with E-state index in [1.165, 1.54) is 0 Å². The molecule has 48 heavy (non-hydrogen) atoms. The van der Waals surface area contributed by atoms with Crippen LogP contribution in [0, 0.1) is 5.82 Å². The van der Waals surface area contributed by atoms with Gasteiger partial charge in [-0.15, -0.1) is 0 Å². The highest BCUT2D eigenvalue weighted by atomic mass is 79.9. The summed E-state index contributed by atoms with van der Waals surface area (Å²) in [5.74, 6) is -1.78. The van der Waals surface area contributed by atoms with Crippen LogP contribution in [0.4, 0.5) is 17.6 Å². The van der Waals surface area contributed by atoms with E-state index in [4.69, 9.17) is 24.3 Å². The first kappa shape index (κ1) is 36.8. The fourth-order valence-electron chi connectivity index (χ4n) is 4.97. The highest BCUT2D eigenvalue weighted by molar-refractivity contribution is 9.10. The van der Waals surface area contributed by atoms with Gasteiger partial charge >= 0.3 is 12.1 Å². The molecule has 1 heterocycles. The molecule has 14 heteroatoms. The summed E-state index contributed by atoms with van der Waals surface area (Å²) in [4.78, 5) is 31.9. The Morgan fingerprint density at radius 3 is 2.42 bits per heavy atom. The number of aliphatic imine (C=N–C) groups is 1. The second kappa shape index (κ2) is 15.5. The van der Waals surface area contributed by atoms with Crippen molar-refractivity contribution in [2.45, 2.75) is 70.0 Å². The van der Waals surface area contributed by atoms with Crippen LogP contribution < -0.4 is 15.6 Å². The van der Waals surface area contributed by atoms with E-state index in [1.807, 2.05) is 0 Å². The minimum Gasteiger partial charge on any atom is -0.494 e. The standard InChI is InChI=1S/C34H36BrF4N3O6/c1-32(2,3)48-28(44)13-14-33(31(45)42-40-20-21-17-23(34(37,38)39)19-24(36)18-21)29(26-7-4-5-8-27(26)35)47-30(41-33)22-9-11-25(12-10-22)46-16-6-15-43/h4-5,7-12,17-19,29,40,43H,6,13-16,20H2,1-3H3,(H,42,45)/t29-,33-/m0/s1. The molecule has 258 valence electrons. The number of alkyl halides is 3. The fraction of sp³-hybridized carbons (Fsp3) is 0.382. The lowest BCUT2D eigenvalue weighted by atomic mass is 9.83. The van der Waals surface area contributed by atoms with Gasteiger partial charge < -0.3 is 19.3 Å². The lowest BCUT2D eigenvalue weighted by molar-refractivity contribution is -0.155. The third-order valence-electron chi connectivity index (χ3n) is 7.13. The summed E-state index contributed by atoms with van der Waals surface area (Å²) in [6.07, 6.45) is -5.79. The van der Waals surface area contributed by atoms with Crippen LogP contribution in [0.1, 0.15) is 68.4 Å². The van der Waals surface area contributed by atoms with Gasteiger partial charge in [-0.25, -0.2) is 14.8 Å². The molecule has 1 amide bonds. The lowest BCUT2D eigenvalue weighted by Crippen LogP contribution is -2.52. The number of hydrogen-bond donors (Lipinski definition) is 3. The molecule has 3 aromatic rings. The zero-order chi connectivity index (χ0) is 35.1. The highest BCUT2D eigenvalue weighted by Gasteiger charge is 2.54. The minimum atomic E-state index is -4.77. The number of benzene rings is 3. The Morgan fingerprint density at radius 1 is 1.06 bits per heavy atom. The molecule has 0 unspecified atom stereocenters. The normalized spacial score (nSPS) is 17.8. The second-order valence-electron chi connectivity index (χ2n) is 12.1. The number of carbonyl (C=O) groups excluding carboxylic acids is 2. The maximum absolute atomic E-state index is 14.2. The summed E-state index contributed by atoms with van der Waals surface area (Å²) < 4.78 is 71.9. The first-order valence-corrected chi connectivity index (χ1v) is 15.9. The number of amides is 1. The molecule has 1 aliphatic heterocycles. The van der Waals surface area contributed by atoms with E-state index >= 15 is 0 Å². The Hall–Kier alpha value is -4.01. The molecule has 9 nitrogen and oxygen atoms in total. The summed E-state index contributed by atoms with van der Waals surface area (Å²) in [5, 5.41) is 9.02. The van der Waals surface area contributed by atoms with Crippen LogP contribution in [-0.2, 0) is 31.8 Å². The smallest absolute Gasteiger partial charge is 0.416 e. The van der Waals surface area contributed by atoms with E-state index in [0.717, 1.165) is 12.1 Å². The average molecular weight is 739 g/mol. The summed E-state index contributed by atoms with van der Waals surface area (Å²) in [7, 11) is 0. The SMILES string of the molecule is CC(C)(C)OC(=O)CC[C@]1(C(=O)NNCc2cc(F)cc(C(F)(F)F)c2)N=C(c2ccc(OCCCO)cc2)O[C@H]1c1ccccc1Br. The first-order valence-electron chi connectivity index (χ1n) is 15.1. The zero-order valence-corrected chi connectivity index (χ0v) is 28.1. The Balaban J connectivity index is 1.69. The van der Waals surface area contributed by atoms with Gasteiger partial charge in [0, 0.05) is 41.6 Å². The number of rotatable bonds is 13. The van der Waals surface area contributed by atoms with E-state index in [9.17, 15) is 27.2 Å². The van der Waals surface area contributed by atoms with Crippen molar-refractivity contribution >= 4 is 33.7 Å². The number of nitrogens with one attached hydrogen (secondary N) is 2. The molecule has 4 rings (SSSR count). The van der Waals surface area contributed by atoms with Crippen molar-refractivity contribution in [2.75, 3.05) is 13.2 Å². The van der Waals surface area contributed by atoms with Gasteiger partial charge in [0.15, 0.2) is 11.6 Å². The molecule has 0 fully saturated rings. The largest absolute Gasteiger partial charge is 0.494 e. The van der Waals surface area contributed by atoms with Crippen LogP contribution in [0.25, 0.3) is 0 Å². The van der Waals surface area contributed by atoms with Crippen LogP contribution in [-0.4, -0.2) is 47.2 Å². The second-order valence-corrected chi connectivity index (χ2v) is 12.9. The molecule has 0 aliphatic carbocycles. The van der Waals surface area contributed by atoms with Gasteiger partial charge in [0.2, 0.25) is 5.90 Å². The first-order chi connectivity index (χ1) is 22.6. The lowest BCUT2D eigenvalue weighted by Gasteiger charge is -2.31. The molecule has 0 radical (unpaired) electrons. The molecule has 0 saturated carbocycles. The molecule has 3 aromatic carbocycles. The van der Waals surface area contributed by atoms with E-state index in [0.29, 0.717) is 40.4 Å². The van der Waals surface area contributed by atoms with Gasteiger partial charge in [0.1, 0.15) is 17.2 Å². The Labute approximate surface area is 283 Å². The minimum absolute atomic E-state index is 0.0156. The summed E-state index contributed by atoms with van der Waals surface area (Å²) in [6.45, 7) is 5.07. The maximum atomic E-state index is 14.2. The number of carbonyl (C=O) groups is 2. The molecular weight excluding hydrogens is 702 g/mol. The number of aliphatic hydroxyl groups is 1. The van der Waals surface area contributed by atoms with Crippen molar-refractivity contribution in [1.29, 1.82) is 0 Å². The Bertz CT molecular complexity index is 1630. The number of aliphatic hydroxyl groups excluding tert-OH is 1. The Morgan fingerprint density at radius 2 is 1.77 bits per heavy atom. The van der Waals surface area contributed by atoms with E-state index in [2.05, 4.69) is 26.8 Å². The molecule has 1 aliphatic rings. The summed E-state index contributed by atoms with van der Waals surface area (Å²) in [5.41, 5.74) is 2.32. The number of hydrazine groups is 1. The third kappa shape index (κ3) is 9.54. The van der Waals surface area contributed by atoms with Crippen LogP contribution >= 0.6 is 15.9 Å². The molecule has 0 spiro atoms. The van der Waals surface area contributed by atoms with E-state index < -0.39 is 46.7 Å². The molecule has 0 saturated heterocycles. The zero-order valence-electron chi connectivity index (χ0n) is 26.5.